The van der Waals surface area contributed by atoms with Gasteiger partial charge in [-0.05, 0) is 25.0 Å². The Kier molecular flexibility index (Phi) is 4.20. The first-order chi connectivity index (χ1) is 9.39. The lowest BCUT2D eigenvalue weighted by Gasteiger charge is -2.23. The molecule has 2 heterocycles. The minimum atomic E-state index is -0.875. The topological polar surface area (TPSA) is 70.5 Å². The lowest BCUT2D eigenvalue weighted by Crippen LogP contribution is -2.36. The minimum absolute atomic E-state index is 0.0662. The van der Waals surface area contributed by atoms with E-state index in [9.17, 15) is 14.7 Å². The minimum Gasteiger partial charge on any atom is -0.481 e. The van der Waals surface area contributed by atoms with Gasteiger partial charge in [0, 0.05) is 13.1 Å². The SMILES string of the molecule is CCC1(C(=O)O)CCN(C(=O)c2nc(Cl)ccc2Cl)C1. The van der Waals surface area contributed by atoms with Crippen LogP contribution in [0.5, 0.6) is 0 Å². The van der Waals surface area contributed by atoms with Gasteiger partial charge in [0.25, 0.3) is 5.91 Å². The van der Waals surface area contributed by atoms with Crippen molar-refractivity contribution in [1.29, 1.82) is 0 Å². The zero-order valence-electron chi connectivity index (χ0n) is 10.9. The molecule has 0 spiro atoms. The molecule has 0 aromatic carbocycles. The smallest absolute Gasteiger partial charge is 0.311 e. The molecule has 1 aliphatic heterocycles. The molecule has 2 rings (SSSR count). The molecular weight excluding hydrogens is 303 g/mol. The van der Waals surface area contributed by atoms with Gasteiger partial charge in [-0.15, -0.1) is 0 Å². The van der Waals surface area contributed by atoms with Crippen LogP contribution in [0, 0.1) is 5.41 Å². The van der Waals surface area contributed by atoms with Gasteiger partial charge in [-0.3, -0.25) is 9.59 Å². The molecule has 1 N–H and O–H groups in total. The van der Waals surface area contributed by atoms with Crippen LogP contribution in [0.1, 0.15) is 30.3 Å². The number of pyridine rings is 1. The summed E-state index contributed by atoms with van der Waals surface area (Å²) >= 11 is 11.7. The maximum atomic E-state index is 12.4. The van der Waals surface area contributed by atoms with E-state index in [1.807, 2.05) is 6.92 Å². The van der Waals surface area contributed by atoms with Crippen LogP contribution in [0.2, 0.25) is 10.2 Å². The molecule has 1 amide bonds. The summed E-state index contributed by atoms with van der Waals surface area (Å²) in [6.45, 7) is 2.36. The molecule has 1 aromatic rings. The molecule has 0 aliphatic carbocycles. The van der Waals surface area contributed by atoms with Crippen molar-refractivity contribution in [3.8, 4) is 0 Å². The number of rotatable bonds is 3. The summed E-state index contributed by atoms with van der Waals surface area (Å²) in [5.74, 6) is -1.26. The molecule has 0 radical (unpaired) electrons. The van der Waals surface area contributed by atoms with Gasteiger partial charge in [0.1, 0.15) is 10.8 Å². The highest BCUT2D eigenvalue weighted by atomic mass is 35.5. The van der Waals surface area contributed by atoms with Crippen LogP contribution in [-0.4, -0.2) is 40.0 Å². The first-order valence-corrected chi connectivity index (χ1v) is 7.00. The first-order valence-electron chi connectivity index (χ1n) is 6.24. The molecule has 1 atom stereocenters. The Hall–Kier alpha value is -1.33. The summed E-state index contributed by atoms with van der Waals surface area (Å²) in [6.07, 6.45) is 0.908. The van der Waals surface area contributed by atoms with Gasteiger partial charge in [0.2, 0.25) is 0 Å². The molecule has 1 fully saturated rings. The number of halogens is 2. The molecule has 5 nitrogen and oxygen atoms in total. The lowest BCUT2D eigenvalue weighted by molar-refractivity contribution is -0.148. The van der Waals surface area contributed by atoms with Crippen LogP contribution in [0.4, 0.5) is 0 Å². The second-order valence-electron chi connectivity index (χ2n) is 4.88. The van der Waals surface area contributed by atoms with E-state index in [-0.39, 0.29) is 28.3 Å². The Labute approximate surface area is 126 Å². The van der Waals surface area contributed by atoms with E-state index in [2.05, 4.69) is 4.98 Å². The van der Waals surface area contributed by atoms with Crippen molar-refractivity contribution in [3.63, 3.8) is 0 Å². The van der Waals surface area contributed by atoms with Crippen molar-refractivity contribution in [2.75, 3.05) is 13.1 Å². The van der Waals surface area contributed by atoms with Crippen LogP contribution < -0.4 is 0 Å². The maximum absolute atomic E-state index is 12.4. The van der Waals surface area contributed by atoms with E-state index in [1.165, 1.54) is 17.0 Å². The van der Waals surface area contributed by atoms with E-state index in [4.69, 9.17) is 23.2 Å². The third kappa shape index (κ3) is 2.60. The van der Waals surface area contributed by atoms with Crippen molar-refractivity contribution in [1.82, 2.24) is 9.88 Å². The average molecular weight is 317 g/mol. The number of amides is 1. The molecule has 108 valence electrons. The van der Waals surface area contributed by atoms with E-state index < -0.39 is 11.4 Å². The van der Waals surface area contributed by atoms with Crippen LogP contribution in [0.15, 0.2) is 12.1 Å². The fourth-order valence-corrected chi connectivity index (χ4v) is 2.71. The second kappa shape index (κ2) is 5.58. The molecule has 1 aliphatic rings. The van der Waals surface area contributed by atoms with Crippen LogP contribution in [0.3, 0.4) is 0 Å². The van der Waals surface area contributed by atoms with E-state index in [0.717, 1.165) is 0 Å². The van der Waals surface area contributed by atoms with Gasteiger partial charge >= 0.3 is 5.97 Å². The predicted molar refractivity (Wildman–Crippen MR) is 75.1 cm³/mol. The average Bonchev–Trinajstić information content (AvgIpc) is 2.86. The highest BCUT2D eigenvalue weighted by Crippen LogP contribution is 2.35. The number of carboxylic acid groups (broad SMARTS) is 1. The summed E-state index contributed by atoms with van der Waals surface area (Å²) in [7, 11) is 0. The Morgan fingerprint density at radius 3 is 2.70 bits per heavy atom. The third-order valence-corrected chi connectivity index (χ3v) is 4.30. The summed E-state index contributed by atoms with van der Waals surface area (Å²) in [5, 5.41) is 9.72. The number of hydrogen-bond donors (Lipinski definition) is 1. The number of aliphatic carboxylic acids is 1. The molecule has 1 saturated heterocycles. The van der Waals surface area contributed by atoms with E-state index in [1.54, 1.807) is 0 Å². The van der Waals surface area contributed by atoms with E-state index >= 15 is 0 Å². The van der Waals surface area contributed by atoms with Gasteiger partial charge < -0.3 is 10.0 Å². The highest BCUT2D eigenvalue weighted by Gasteiger charge is 2.45. The van der Waals surface area contributed by atoms with Gasteiger partial charge in [0.05, 0.1) is 10.4 Å². The number of aromatic nitrogens is 1. The quantitative estimate of drug-likeness (QED) is 0.870. The summed E-state index contributed by atoms with van der Waals surface area (Å²) in [6, 6.07) is 3.00. The largest absolute Gasteiger partial charge is 0.481 e. The zero-order chi connectivity index (χ0) is 14.9. The Balaban J connectivity index is 2.24. The van der Waals surface area contributed by atoms with Crippen molar-refractivity contribution in [2.45, 2.75) is 19.8 Å². The van der Waals surface area contributed by atoms with Gasteiger partial charge in [-0.25, -0.2) is 4.98 Å². The fraction of sp³-hybridized carbons (Fsp3) is 0.462. The number of carbonyl (C=O) groups excluding carboxylic acids is 1. The maximum Gasteiger partial charge on any atom is 0.311 e. The number of likely N-dealkylation sites (tertiary alicyclic amines) is 1. The number of hydrogen-bond acceptors (Lipinski definition) is 3. The fourth-order valence-electron chi connectivity index (χ4n) is 2.38. The molecule has 20 heavy (non-hydrogen) atoms. The standard InChI is InChI=1S/C13H14Cl2N2O3/c1-2-13(12(19)20)5-6-17(7-13)11(18)10-8(14)3-4-9(15)16-10/h3-4H,2,5-7H2,1H3,(H,19,20). The third-order valence-electron chi connectivity index (χ3n) is 3.79. The number of carboxylic acids is 1. The van der Waals surface area contributed by atoms with Gasteiger partial charge in [0.15, 0.2) is 0 Å². The van der Waals surface area contributed by atoms with Crippen molar-refractivity contribution in [2.24, 2.45) is 5.41 Å². The van der Waals surface area contributed by atoms with E-state index in [0.29, 0.717) is 19.4 Å². The summed E-state index contributed by atoms with van der Waals surface area (Å²) in [5.41, 5.74) is -0.808. The molecular formula is C13H14Cl2N2O3. The van der Waals surface area contributed by atoms with Crippen LogP contribution >= 0.6 is 23.2 Å². The molecule has 0 bridgehead atoms. The molecule has 1 aromatic heterocycles. The summed E-state index contributed by atoms with van der Waals surface area (Å²) in [4.78, 5) is 29.2. The number of carbonyl (C=O) groups is 2. The van der Waals surface area contributed by atoms with Crippen LogP contribution in [-0.2, 0) is 4.79 Å². The zero-order valence-corrected chi connectivity index (χ0v) is 12.4. The Morgan fingerprint density at radius 1 is 1.45 bits per heavy atom. The highest BCUT2D eigenvalue weighted by molar-refractivity contribution is 6.34. The molecule has 7 heteroatoms. The monoisotopic (exact) mass is 316 g/mol. The number of nitrogens with zero attached hydrogens (tertiary/aromatic N) is 2. The van der Waals surface area contributed by atoms with Crippen molar-refractivity contribution < 1.29 is 14.7 Å². The first kappa shape index (κ1) is 15.1. The lowest BCUT2D eigenvalue weighted by atomic mass is 9.84. The van der Waals surface area contributed by atoms with Crippen molar-refractivity contribution >= 4 is 35.1 Å². The van der Waals surface area contributed by atoms with Crippen molar-refractivity contribution in [3.05, 3.63) is 28.0 Å². The normalized spacial score (nSPS) is 22.1. The molecule has 0 saturated carbocycles. The predicted octanol–water partition coefficient (Wildman–Crippen LogP) is 2.72. The second-order valence-corrected chi connectivity index (χ2v) is 5.67. The molecule has 1 unspecified atom stereocenters. The van der Waals surface area contributed by atoms with Crippen LogP contribution in [0.25, 0.3) is 0 Å². The Bertz CT molecular complexity index is 565. The summed E-state index contributed by atoms with van der Waals surface area (Å²) < 4.78 is 0. The van der Waals surface area contributed by atoms with Gasteiger partial charge in [-0.1, -0.05) is 30.1 Å². The Morgan fingerprint density at radius 2 is 2.15 bits per heavy atom. The van der Waals surface area contributed by atoms with Gasteiger partial charge in [-0.2, -0.15) is 0 Å².